The van der Waals surface area contributed by atoms with Gasteiger partial charge in [0.25, 0.3) is 17.7 Å². The lowest BCUT2D eigenvalue weighted by atomic mass is 10.1. The van der Waals surface area contributed by atoms with E-state index in [4.69, 9.17) is 27.9 Å². The van der Waals surface area contributed by atoms with Crippen LogP contribution in [-0.4, -0.2) is 30.4 Å². The number of halogens is 2. The Kier molecular flexibility index (Phi) is 7.61. The maximum atomic E-state index is 13.0. The van der Waals surface area contributed by atoms with Gasteiger partial charge >= 0.3 is 6.03 Å². The first-order chi connectivity index (χ1) is 17.6. The van der Waals surface area contributed by atoms with Gasteiger partial charge in [0.2, 0.25) is 0 Å². The highest BCUT2D eigenvalue weighted by Gasteiger charge is 2.36. The Hall–Kier alpha value is -4.14. The SMILES string of the molecule is Cc1ccc(C)c(NC(=O)COc2c(Cl)cc(/C=C3/C(=O)NC(=O)N(c4ccccc4)C3=O)cc2Cl)c1. The number of barbiturate groups is 1. The normalized spacial score (nSPS) is 14.5. The Morgan fingerprint density at radius 1 is 1.00 bits per heavy atom. The van der Waals surface area contributed by atoms with Crippen LogP contribution in [0.15, 0.2) is 66.2 Å². The van der Waals surface area contributed by atoms with Crippen molar-refractivity contribution in [2.45, 2.75) is 13.8 Å². The van der Waals surface area contributed by atoms with Gasteiger partial charge in [-0.3, -0.25) is 19.7 Å². The van der Waals surface area contributed by atoms with Gasteiger partial charge in [-0.15, -0.1) is 0 Å². The molecule has 4 rings (SSSR count). The van der Waals surface area contributed by atoms with Crippen molar-refractivity contribution in [3.8, 4) is 5.75 Å². The minimum absolute atomic E-state index is 0.0681. The number of amides is 5. The fourth-order valence-electron chi connectivity index (χ4n) is 3.63. The van der Waals surface area contributed by atoms with E-state index >= 15 is 0 Å². The molecule has 0 atom stereocenters. The number of hydrogen-bond donors (Lipinski definition) is 2. The summed E-state index contributed by atoms with van der Waals surface area (Å²) in [7, 11) is 0. The molecule has 1 fully saturated rings. The van der Waals surface area contributed by atoms with Crippen molar-refractivity contribution in [2.24, 2.45) is 0 Å². The zero-order valence-corrected chi connectivity index (χ0v) is 21.3. The molecule has 2 N–H and O–H groups in total. The number of nitrogens with zero attached hydrogens (tertiary/aromatic N) is 1. The Bertz CT molecular complexity index is 1430. The first-order valence-electron chi connectivity index (χ1n) is 11.1. The molecule has 5 amide bonds. The standard InChI is InChI=1S/C27H21Cl2N3O5/c1-15-8-9-16(2)22(10-15)30-23(33)14-37-24-20(28)12-17(13-21(24)29)11-19-25(34)31-27(36)32(26(19)35)18-6-4-3-5-7-18/h3-13H,14H2,1-2H3,(H,30,33)(H,31,34,36)/b19-11-. The number of aryl methyl sites for hydroxylation is 2. The molecule has 10 heteroatoms. The van der Waals surface area contributed by atoms with Gasteiger partial charge in [0.05, 0.1) is 15.7 Å². The average Bonchev–Trinajstić information content (AvgIpc) is 2.84. The summed E-state index contributed by atoms with van der Waals surface area (Å²) in [5, 5.41) is 5.07. The van der Waals surface area contributed by atoms with Crippen LogP contribution in [0.3, 0.4) is 0 Å². The summed E-state index contributed by atoms with van der Waals surface area (Å²) < 4.78 is 5.55. The van der Waals surface area contributed by atoms with E-state index < -0.39 is 23.8 Å². The lowest BCUT2D eigenvalue weighted by Gasteiger charge is -2.26. The molecule has 0 unspecified atom stereocenters. The summed E-state index contributed by atoms with van der Waals surface area (Å²) >= 11 is 12.7. The van der Waals surface area contributed by atoms with Gasteiger partial charge in [-0.25, -0.2) is 9.69 Å². The smallest absolute Gasteiger partial charge is 0.335 e. The van der Waals surface area contributed by atoms with E-state index in [1.54, 1.807) is 30.3 Å². The number of nitrogens with one attached hydrogen (secondary N) is 2. The molecule has 188 valence electrons. The van der Waals surface area contributed by atoms with E-state index in [9.17, 15) is 19.2 Å². The molecule has 0 bridgehead atoms. The largest absolute Gasteiger partial charge is 0.481 e. The fourth-order valence-corrected chi connectivity index (χ4v) is 4.24. The quantitative estimate of drug-likeness (QED) is 0.328. The number of urea groups is 1. The molecule has 0 aromatic heterocycles. The van der Waals surface area contributed by atoms with Crippen LogP contribution in [0.4, 0.5) is 16.2 Å². The third-order valence-corrected chi connectivity index (χ3v) is 6.02. The van der Waals surface area contributed by atoms with Crippen LogP contribution in [0, 0.1) is 13.8 Å². The van der Waals surface area contributed by atoms with E-state index in [0.29, 0.717) is 16.9 Å². The number of anilines is 2. The van der Waals surface area contributed by atoms with Gasteiger partial charge in [0, 0.05) is 5.69 Å². The van der Waals surface area contributed by atoms with Crippen LogP contribution in [0.2, 0.25) is 10.0 Å². The van der Waals surface area contributed by atoms with E-state index in [2.05, 4.69) is 10.6 Å². The zero-order chi connectivity index (χ0) is 26.7. The van der Waals surface area contributed by atoms with Gasteiger partial charge in [0.1, 0.15) is 5.57 Å². The van der Waals surface area contributed by atoms with Crippen molar-refractivity contribution in [2.75, 3.05) is 16.8 Å². The van der Waals surface area contributed by atoms with Crippen molar-refractivity contribution < 1.29 is 23.9 Å². The number of benzene rings is 3. The molecule has 1 saturated heterocycles. The van der Waals surface area contributed by atoms with E-state index in [0.717, 1.165) is 16.0 Å². The van der Waals surface area contributed by atoms with E-state index in [1.807, 2.05) is 32.0 Å². The number of rotatable bonds is 6. The number of hydrogen-bond acceptors (Lipinski definition) is 5. The van der Waals surface area contributed by atoms with Gasteiger partial charge < -0.3 is 10.1 Å². The molecule has 1 aliphatic rings. The molecule has 0 saturated carbocycles. The van der Waals surface area contributed by atoms with Crippen LogP contribution < -0.4 is 20.3 Å². The second kappa shape index (κ2) is 10.9. The maximum absolute atomic E-state index is 13.0. The van der Waals surface area contributed by atoms with Gasteiger partial charge in [-0.2, -0.15) is 0 Å². The second-order valence-electron chi connectivity index (χ2n) is 8.26. The first-order valence-corrected chi connectivity index (χ1v) is 11.8. The second-order valence-corrected chi connectivity index (χ2v) is 9.08. The first kappa shape index (κ1) is 25.9. The zero-order valence-electron chi connectivity index (χ0n) is 19.8. The predicted molar refractivity (Wildman–Crippen MR) is 142 cm³/mol. The highest BCUT2D eigenvalue weighted by molar-refractivity contribution is 6.40. The molecular weight excluding hydrogens is 517 g/mol. The van der Waals surface area contributed by atoms with E-state index in [1.165, 1.54) is 18.2 Å². The Morgan fingerprint density at radius 2 is 1.68 bits per heavy atom. The van der Waals surface area contributed by atoms with Crippen LogP contribution in [0.25, 0.3) is 6.08 Å². The molecule has 3 aromatic carbocycles. The summed E-state index contributed by atoms with van der Waals surface area (Å²) in [4.78, 5) is 51.0. The van der Waals surface area contributed by atoms with Crippen molar-refractivity contribution in [1.29, 1.82) is 0 Å². The number of carbonyl (C=O) groups is 4. The number of ether oxygens (including phenoxy) is 1. The Balaban J connectivity index is 1.52. The van der Waals surface area contributed by atoms with Crippen molar-refractivity contribution in [1.82, 2.24) is 5.32 Å². The number of para-hydroxylation sites is 1. The van der Waals surface area contributed by atoms with Gasteiger partial charge in [-0.1, -0.05) is 53.5 Å². The number of carbonyl (C=O) groups excluding carboxylic acids is 4. The van der Waals surface area contributed by atoms with Gasteiger partial charge in [0.15, 0.2) is 12.4 Å². The molecule has 8 nitrogen and oxygen atoms in total. The van der Waals surface area contributed by atoms with Crippen molar-refractivity contribution >= 4 is 64.4 Å². The molecule has 0 radical (unpaired) electrons. The maximum Gasteiger partial charge on any atom is 0.335 e. The van der Waals surface area contributed by atoms with Crippen LogP contribution in [0.5, 0.6) is 5.75 Å². The minimum Gasteiger partial charge on any atom is -0.481 e. The highest BCUT2D eigenvalue weighted by Crippen LogP contribution is 2.35. The van der Waals surface area contributed by atoms with Crippen LogP contribution in [-0.2, 0) is 14.4 Å². The summed E-state index contributed by atoms with van der Waals surface area (Å²) in [6.07, 6.45) is 1.27. The Labute approximate surface area is 222 Å². The lowest BCUT2D eigenvalue weighted by molar-refractivity contribution is -0.122. The highest BCUT2D eigenvalue weighted by atomic mass is 35.5. The van der Waals surface area contributed by atoms with Crippen molar-refractivity contribution in [3.05, 3.63) is 93.0 Å². The summed E-state index contributed by atoms with van der Waals surface area (Å²) in [6, 6.07) is 15.9. The molecule has 1 aliphatic heterocycles. The summed E-state index contributed by atoms with van der Waals surface area (Å²) in [5.41, 5.74) is 2.93. The third kappa shape index (κ3) is 5.82. The average molecular weight is 538 g/mol. The fraction of sp³-hybridized carbons (Fsp3) is 0.111. The monoisotopic (exact) mass is 537 g/mol. The molecule has 0 spiro atoms. The molecule has 1 heterocycles. The lowest BCUT2D eigenvalue weighted by Crippen LogP contribution is -2.54. The molecule has 37 heavy (non-hydrogen) atoms. The summed E-state index contributed by atoms with van der Waals surface area (Å²) in [5.74, 6) is -1.97. The van der Waals surface area contributed by atoms with Gasteiger partial charge in [-0.05, 0) is 66.9 Å². The number of imide groups is 2. The van der Waals surface area contributed by atoms with E-state index in [-0.39, 0.29) is 28.0 Å². The minimum atomic E-state index is -0.850. The third-order valence-electron chi connectivity index (χ3n) is 5.46. The molecular formula is C27H21Cl2N3O5. The topological polar surface area (TPSA) is 105 Å². The van der Waals surface area contributed by atoms with Crippen LogP contribution in [0.1, 0.15) is 16.7 Å². The summed E-state index contributed by atoms with van der Waals surface area (Å²) in [6.45, 7) is 3.45. The Morgan fingerprint density at radius 3 is 2.35 bits per heavy atom. The predicted octanol–water partition coefficient (Wildman–Crippen LogP) is 5.29. The van der Waals surface area contributed by atoms with Crippen LogP contribution >= 0.6 is 23.2 Å². The molecule has 0 aliphatic carbocycles. The molecule has 3 aromatic rings. The van der Waals surface area contributed by atoms with Crippen molar-refractivity contribution in [3.63, 3.8) is 0 Å².